The molecular formula is C17H32N2O5S2. The highest BCUT2D eigenvalue weighted by atomic mass is 32.2. The topological polar surface area (TPSA) is 88.1 Å². The van der Waals surface area contributed by atoms with E-state index in [9.17, 15) is 8.42 Å². The molecule has 1 aromatic rings. The van der Waals surface area contributed by atoms with E-state index < -0.39 is 10.1 Å². The Morgan fingerprint density at radius 2 is 1.85 bits per heavy atom. The summed E-state index contributed by atoms with van der Waals surface area (Å²) in [5.41, 5.74) is 0. The van der Waals surface area contributed by atoms with Crippen LogP contribution in [0.4, 0.5) is 0 Å². The van der Waals surface area contributed by atoms with Gasteiger partial charge in [0, 0.05) is 17.3 Å². The molecule has 0 fully saturated rings. The second-order valence-electron chi connectivity index (χ2n) is 5.97. The Bertz CT molecular complexity index is 582. The Labute approximate surface area is 161 Å². The third-order valence-corrected chi connectivity index (χ3v) is 5.54. The van der Waals surface area contributed by atoms with E-state index in [0.29, 0.717) is 32.5 Å². The van der Waals surface area contributed by atoms with Crippen LogP contribution in [-0.4, -0.2) is 69.1 Å². The molecule has 1 aliphatic heterocycles. The van der Waals surface area contributed by atoms with Gasteiger partial charge in [0.25, 0.3) is 10.1 Å². The third-order valence-electron chi connectivity index (χ3n) is 4.03. The summed E-state index contributed by atoms with van der Waals surface area (Å²) < 4.78 is 40.8. The molecular weight excluding hydrogens is 376 g/mol. The summed E-state index contributed by atoms with van der Waals surface area (Å²) >= 11 is 1.54. The maximum atomic E-state index is 10.5. The zero-order chi connectivity index (χ0) is 19.4. The zero-order valence-corrected chi connectivity index (χ0v) is 17.6. The number of fused-ring (bicyclic) bond motifs is 1. The molecule has 152 valence electrons. The largest absolute Gasteiger partial charge is 0.485 e. The standard InChI is InChI=1S/C11H17NO5S2.C6H15N/c13-19(14,15)4-2-1-3-12-5-9-6-16-10-7-18-8-11(10)17-9;1-4-7(5-2)6-3/h7-9,12H,1-6H2,(H,13,14,15);4-6H2,1-3H3. The SMILES string of the molecule is CCN(CC)CC.O=S(=O)(O)CCCCNCC1COc2cscc2O1. The molecule has 1 unspecified atom stereocenters. The van der Waals surface area contributed by atoms with Crippen molar-refractivity contribution < 1.29 is 22.4 Å². The van der Waals surface area contributed by atoms with Crippen molar-refractivity contribution in [1.29, 1.82) is 0 Å². The van der Waals surface area contributed by atoms with Gasteiger partial charge in [-0.3, -0.25) is 4.55 Å². The Balaban J connectivity index is 0.000000412. The van der Waals surface area contributed by atoms with E-state index in [4.69, 9.17) is 14.0 Å². The summed E-state index contributed by atoms with van der Waals surface area (Å²) in [5, 5.41) is 7.01. The molecule has 2 N–H and O–H groups in total. The number of thiophene rings is 1. The molecule has 2 heterocycles. The Morgan fingerprint density at radius 1 is 1.19 bits per heavy atom. The molecule has 0 spiro atoms. The molecule has 0 radical (unpaired) electrons. The molecule has 0 bridgehead atoms. The first-order valence-corrected chi connectivity index (χ1v) is 11.7. The van der Waals surface area contributed by atoms with Crippen molar-refractivity contribution in [3.63, 3.8) is 0 Å². The van der Waals surface area contributed by atoms with Crippen LogP contribution >= 0.6 is 11.3 Å². The van der Waals surface area contributed by atoms with Crippen molar-refractivity contribution >= 4 is 21.5 Å². The first-order chi connectivity index (χ1) is 12.4. The van der Waals surface area contributed by atoms with Gasteiger partial charge >= 0.3 is 0 Å². The van der Waals surface area contributed by atoms with E-state index in [0.717, 1.165) is 11.5 Å². The van der Waals surface area contributed by atoms with E-state index in [-0.39, 0.29) is 11.9 Å². The quantitative estimate of drug-likeness (QED) is 0.454. The summed E-state index contributed by atoms with van der Waals surface area (Å²) in [5.74, 6) is 1.40. The number of hydrogen-bond donors (Lipinski definition) is 2. The van der Waals surface area contributed by atoms with Crippen LogP contribution in [0.25, 0.3) is 0 Å². The summed E-state index contributed by atoms with van der Waals surface area (Å²) in [7, 11) is -3.83. The molecule has 0 saturated carbocycles. The van der Waals surface area contributed by atoms with Gasteiger partial charge in [-0.05, 0) is 39.0 Å². The minimum absolute atomic E-state index is 0.0244. The van der Waals surface area contributed by atoms with Crippen molar-refractivity contribution in [2.75, 3.05) is 45.1 Å². The average molecular weight is 409 g/mol. The van der Waals surface area contributed by atoms with E-state index in [1.165, 1.54) is 19.6 Å². The van der Waals surface area contributed by atoms with E-state index >= 15 is 0 Å². The average Bonchev–Trinajstić information content (AvgIpc) is 3.07. The maximum Gasteiger partial charge on any atom is 0.264 e. The Kier molecular flexibility index (Phi) is 11.1. The maximum absolute atomic E-state index is 10.5. The summed E-state index contributed by atoms with van der Waals surface area (Å²) in [6.45, 7) is 12.0. The van der Waals surface area contributed by atoms with Crippen molar-refractivity contribution in [2.24, 2.45) is 0 Å². The van der Waals surface area contributed by atoms with Gasteiger partial charge in [0.1, 0.15) is 12.7 Å². The fraction of sp³-hybridized carbons (Fsp3) is 0.765. The zero-order valence-electron chi connectivity index (χ0n) is 15.9. The minimum atomic E-state index is -3.83. The molecule has 1 aromatic heterocycles. The molecule has 0 saturated heterocycles. The van der Waals surface area contributed by atoms with Gasteiger partial charge in [-0.15, -0.1) is 11.3 Å². The van der Waals surface area contributed by atoms with Crippen LogP contribution in [-0.2, 0) is 10.1 Å². The number of ether oxygens (including phenoxy) is 2. The van der Waals surface area contributed by atoms with Crippen LogP contribution in [0.1, 0.15) is 33.6 Å². The van der Waals surface area contributed by atoms with E-state index in [1.54, 1.807) is 11.3 Å². The van der Waals surface area contributed by atoms with Crippen LogP contribution < -0.4 is 14.8 Å². The van der Waals surface area contributed by atoms with Gasteiger partial charge in [-0.1, -0.05) is 20.8 Å². The minimum Gasteiger partial charge on any atom is -0.485 e. The molecule has 1 atom stereocenters. The van der Waals surface area contributed by atoms with Gasteiger partial charge in [0.2, 0.25) is 0 Å². The molecule has 7 nitrogen and oxygen atoms in total. The fourth-order valence-electron chi connectivity index (χ4n) is 2.43. The smallest absolute Gasteiger partial charge is 0.264 e. The molecule has 0 aromatic carbocycles. The monoisotopic (exact) mass is 408 g/mol. The first-order valence-electron chi connectivity index (χ1n) is 9.13. The van der Waals surface area contributed by atoms with Crippen LogP contribution in [0.3, 0.4) is 0 Å². The fourth-order valence-corrected chi connectivity index (χ4v) is 3.67. The summed E-state index contributed by atoms with van der Waals surface area (Å²) in [6, 6.07) is 0. The predicted molar refractivity (Wildman–Crippen MR) is 106 cm³/mol. The lowest BCUT2D eigenvalue weighted by Gasteiger charge is -2.24. The van der Waals surface area contributed by atoms with Crippen LogP contribution in [0, 0.1) is 0 Å². The van der Waals surface area contributed by atoms with Gasteiger partial charge in [0.15, 0.2) is 11.5 Å². The van der Waals surface area contributed by atoms with Crippen LogP contribution in [0.2, 0.25) is 0 Å². The first kappa shape index (κ1) is 23.2. The van der Waals surface area contributed by atoms with Crippen molar-refractivity contribution in [2.45, 2.75) is 39.7 Å². The number of nitrogens with one attached hydrogen (secondary N) is 1. The summed E-state index contributed by atoms with van der Waals surface area (Å²) in [6.07, 6.45) is 1.11. The second-order valence-corrected chi connectivity index (χ2v) is 8.28. The van der Waals surface area contributed by atoms with Crippen molar-refractivity contribution in [3.8, 4) is 11.5 Å². The second kappa shape index (κ2) is 12.5. The lowest BCUT2D eigenvalue weighted by atomic mass is 10.3. The molecule has 1 aliphatic rings. The van der Waals surface area contributed by atoms with Gasteiger partial charge in [-0.2, -0.15) is 8.42 Å². The van der Waals surface area contributed by atoms with Crippen LogP contribution in [0.5, 0.6) is 11.5 Å². The molecule has 9 heteroatoms. The molecule has 2 rings (SSSR count). The number of unbranched alkanes of at least 4 members (excludes halogenated alkanes) is 1. The highest BCUT2D eigenvalue weighted by Gasteiger charge is 2.21. The van der Waals surface area contributed by atoms with Gasteiger partial charge in [-0.25, -0.2) is 0 Å². The lowest BCUT2D eigenvalue weighted by molar-refractivity contribution is 0.0919. The molecule has 26 heavy (non-hydrogen) atoms. The third kappa shape index (κ3) is 9.72. The number of nitrogens with zero attached hydrogens (tertiary/aromatic N) is 1. The summed E-state index contributed by atoms with van der Waals surface area (Å²) in [4.78, 5) is 2.38. The van der Waals surface area contributed by atoms with E-state index in [2.05, 4.69) is 31.0 Å². The Hall–Kier alpha value is -0.870. The van der Waals surface area contributed by atoms with E-state index in [1.807, 2.05) is 10.8 Å². The normalized spacial score (nSPS) is 16.3. The number of hydrogen-bond acceptors (Lipinski definition) is 7. The molecule has 0 amide bonds. The lowest BCUT2D eigenvalue weighted by Crippen LogP contribution is -2.38. The van der Waals surface area contributed by atoms with Gasteiger partial charge < -0.3 is 19.7 Å². The number of rotatable bonds is 10. The van der Waals surface area contributed by atoms with Gasteiger partial charge in [0.05, 0.1) is 5.75 Å². The Morgan fingerprint density at radius 3 is 2.42 bits per heavy atom. The highest BCUT2D eigenvalue weighted by molar-refractivity contribution is 7.85. The highest BCUT2D eigenvalue weighted by Crippen LogP contribution is 2.35. The predicted octanol–water partition coefficient (Wildman–Crippen LogP) is 2.49. The van der Waals surface area contributed by atoms with Crippen LogP contribution in [0.15, 0.2) is 10.8 Å². The van der Waals surface area contributed by atoms with Crippen molar-refractivity contribution in [3.05, 3.63) is 10.8 Å². The molecule has 0 aliphatic carbocycles. The van der Waals surface area contributed by atoms with Crippen molar-refractivity contribution in [1.82, 2.24) is 10.2 Å².